The Hall–Kier alpha value is -1.13. The molecule has 100 valence electrons. The van der Waals surface area contributed by atoms with E-state index in [0.29, 0.717) is 6.04 Å². The smallest absolute Gasteiger partial charge is 0.0564 e. The molecule has 1 unspecified atom stereocenters. The third kappa shape index (κ3) is 3.43. The molecule has 1 aromatic heterocycles. The van der Waals surface area contributed by atoms with Crippen molar-refractivity contribution in [2.45, 2.75) is 25.4 Å². The van der Waals surface area contributed by atoms with Crippen LogP contribution >= 0.6 is 0 Å². The van der Waals surface area contributed by atoms with Gasteiger partial charge in [0.15, 0.2) is 0 Å². The first-order chi connectivity index (χ1) is 8.69. The van der Waals surface area contributed by atoms with E-state index in [1.165, 1.54) is 19.4 Å². The Morgan fingerprint density at radius 2 is 2.39 bits per heavy atom. The highest BCUT2D eigenvalue weighted by Crippen LogP contribution is 2.16. The van der Waals surface area contributed by atoms with E-state index in [4.69, 9.17) is 0 Å². The van der Waals surface area contributed by atoms with Gasteiger partial charge in [0.25, 0.3) is 0 Å². The highest BCUT2D eigenvalue weighted by Gasteiger charge is 2.21. The van der Waals surface area contributed by atoms with Crippen LogP contribution < -0.4 is 5.32 Å². The number of rotatable bonds is 5. The van der Waals surface area contributed by atoms with E-state index in [0.717, 1.165) is 24.5 Å². The quantitative estimate of drug-likeness (QED) is 0.858. The molecule has 0 radical (unpaired) electrons. The van der Waals surface area contributed by atoms with Crippen LogP contribution in [-0.2, 0) is 6.54 Å². The van der Waals surface area contributed by atoms with Gasteiger partial charge >= 0.3 is 0 Å². The van der Waals surface area contributed by atoms with Crippen molar-refractivity contribution < 1.29 is 0 Å². The zero-order valence-electron chi connectivity index (χ0n) is 11.7. The van der Waals surface area contributed by atoms with Crippen molar-refractivity contribution in [3.8, 4) is 0 Å². The third-order valence-electron chi connectivity index (χ3n) is 3.73. The maximum Gasteiger partial charge on any atom is 0.0564 e. The van der Waals surface area contributed by atoms with Gasteiger partial charge in [0, 0.05) is 38.1 Å². The minimum Gasteiger partial charge on any atom is -0.388 e. The molecule has 1 atom stereocenters. The van der Waals surface area contributed by atoms with Crippen LogP contribution in [0.2, 0.25) is 0 Å². The summed E-state index contributed by atoms with van der Waals surface area (Å²) in [7, 11) is 6.35. The second kappa shape index (κ2) is 6.16. The summed E-state index contributed by atoms with van der Waals surface area (Å²) in [6, 6.07) is 4.82. The molecule has 4 heteroatoms. The lowest BCUT2D eigenvalue weighted by Gasteiger charge is -2.25. The van der Waals surface area contributed by atoms with Gasteiger partial charge in [-0.05, 0) is 45.6 Å². The Kier molecular flexibility index (Phi) is 4.55. The summed E-state index contributed by atoms with van der Waals surface area (Å²) in [5, 5.41) is 3.15. The van der Waals surface area contributed by atoms with E-state index >= 15 is 0 Å². The second-order valence-corrected chi connectivity index (χ2v) is 5.26. The minimum atomic E-state index is 0.711. The van der Waals surface area contributed by atoms with Gasteiger partial charge in [-0.15, -0.1) is 0 Å². The topological polar surface area (TPSA) is 31.4 Å². The standard InChI is InChI=1S/C14H24N4/c1-15-12-6-7-16-13(9-12)10-17(2)11-14-5-4-8-18(14)3/h6-7,9,14H,4-5,8,10-11H2,1-3H3,(H,15,16). The first-order valence-electron chi connectivity index (χ1n) is 6.70. The van der Waals surface area contributed by atoms with Crippen molar-refractivity contribution >= 4 is 5.69 Å². The molecule has 0 aromatic carbocycles. The van der Waals surface area contributed by atoms with Gasteiger partial charge in [-0.25, -0.2) is 0 Å². The summed E-state index contributed by atoms with van der Waals surface area (Å²) in [4.78, 5) is 9.26. The molecule has 18 heavy (non-hydrogen) atoms. The van der Waals surface area contributed by atoms with Crippen LogP contribution in [0.1, 0.15) is 18.5 Å². The maximum absolute atomic E-state index is 4.43. The van der Waals surface area contributed by atoms with Crippen molar-refractivity contribution in [1.29, 1.82) is 0 Å². The summed E-state index contributed by atoms with van der Waals surface area (Å²) in [6.45, 7) is 3.29. The van der Waals surface area contributed by atoms with E-state index < -0.39 is 0 Å². The zero-order chi connectivity index (χ0) is 13.0. The molecule has 1 aliphatic heterocycles. The highest BCUT2D eigenvalue weighted by molar-refractivity contribution is 5.42. The fourth-order valence-electron chi connectivity index (χ4n) is 2.63. The number of nitrogens with zero attached hydrogens (tertiary/aromatic N) is 3. The van der Waals surface area contributed by atoms with E-state index in [1.807, 2.05) is 19.3 Å². The summed E-state index contributed by atoms with van der Waals surface area (Å²) >= 11 is 0. The Balaban J connectivity index is 1.88. The van der Waals surface area contributed by atoms with Gasteiger partial charge in [0.1, 0.15) is 0 Å². The normalized spacial score (nSPS) is 20.6. The van der Waals surface area contributed by atoms with Gasteiger partial charge < -0.3 is 10.2 Å². The molecule has 0 aliphatic carbocycles. The molecule has 1 aromatic rings. The molecular formula is C14H24N4. The molecule has 1 saturated heterocycles. The van der Waals surface area contributed by atoms with Gasteiger partial charge in [-0.3, -0.25) is 9.88 Å². The zero-order valence-corrected chi connectivity index (χ0v) is 11.7. The molecule has 0 saturated carbocycles. The van der Waals surface area contributed by atoms with Crippen LogP contribution in [-0.4, -0.2) is 55.1 Å². The average Bonchev–Trinajstić information content (AvgIpc) is 2.75. The Morgan fingerprint density at radius 3 is 3.06 bits per heavy atom. The highest BCUT2D eigenvalue weighted by atomic mass is 15.2. The van der Waals surface area contributed by atoms with Gasteiger partial charge in [0.05, 0.1) is 5.69 Å². The van der Waals surface area contributed by atoms with E-state index in [-0.39, 0.29) is 0 Å². The van der Waals surface area contributed by atoms with Crippen molar-refractivity contribution in [3.63, 3.8) is 0 Å². The van der Waals surface area contributed by atoms with Gasteiger partial charge in [-0.1, -0.05) is 0 Å². The molecule has 0 spiro atoms. The number of aromatic nitrogens is 1. The second-order valence-electron chi connectivity index (χ2n) is 5.26. The SMILES string of the molecule is CNc1ccnc(CN(C)CC2CCCN2C)c1. The van der Waals surface area contributed by atoms with E-state index in [1.54, 1.807) is 0 Å². The Bertz CT molecular complexity index is 380. The van der Waals surface area contributed by atoms with Crippen LogP contribution in [0.3, 0.4) is 0 Å². The number of pyridine rings is 1. The van der Waals surface area contributed by atoms with Crippen molar-refractivity contribution in [2.24, 2.45) is 0 Å². The first-order valence-corrected chi connectivity index (χ1v) is 6.70. The van der Waals surface area contributed by atoms with Crippen LogP contribution in [0.5, 0.6) is 0 Å². The lowest BCUT2D eigenvalue weighted by molar-refractivity contribution is 0.214. The van der Waals surface area contributed by atoms with Gasteiger partial charge in [-0.2, -0.15) is 0 Å². The van der Waals surface area contributed by atoms with Crippen LogP contribution in [0, 0.1) is 0 Å². The summed E-state index contributed by atoms with van der Waals surface area (Å²) in [5.74, 6) is 0. The predicted octanol–water partition coefficient (Wildman–Crippen LogP) is 1.65. The summed E-state index contributed by atoms with van der Waals surface area (Å²) in [5.41, 5.74) is 2.26. The van der Waals surface area contributed by atoms with Gasteiger partial charge in [0.2, 0.25) is 0 Å². The molecule has 1 fully saturated rings. The average molecular weight is 248 g/mol. The monoisotopic (exact) mass is 248 g/mol. The molecule has 0 amide bonds. The fourth-order valence-corrected chi connectivity index (χ4v) is 2.63. The minimum absolute atomic E-state index is 0.711. The number of likely N-dealkylation sites (N-methyl/N-ethyl adjacent to an activating group) is 2. The molecule has 1 aliphatic rings. The van der Waals surface area contributed by atoms with Crippen LogP contribution in [0.4, 0.5) is 5.69 Å². The molecule has 0 bridgehead atoms. The molecule has 1 N–H and O–H groups in total. The predicted molar refractivity (Wildman–Crippen MR) is 75.8 cm³/mol. The molecule has 2 rings (SSSR count). The molecular weight excluding hydrogens is 224 g/mol. The Morgan fingerprint density at radius 1 is 1.56 bits per heavy atom. The number of likely N-dealkylation sites (tertiary alicyclic amines) is 1. The molecule has 2 heterocycles. The summed E-state index contributed by atoms with van der Waals surface area (Å²) < 4.78 is 0. The van der Waals surface area contributed by atoms with Crippen molar-refractivity contribution in [3.05, 3.63) is 24.0 Å². The Labute approximate surface area is 110 Å². The van der Waals surface area contributed by atoms with E-state index in [2.05, 4.69) is 40.3 Å². The summed E-state index contributed by atoms with van der Waals surface area (Å²) in [6.07, 6.45) is 4.53. The number of nitrogens with one attached hydrogen (secondary N) is 1. The first kappa shape index (κ1) is 13.3. The third-order valence-corrected chi connectivity index (χ3v) is 3.73. The van der Waals surface area contributed by atoms with Crippen molar-refractivity contribution in [1.82, 2.24) is 14.8 Å². The number of anilines is 1. The van der Waals surface area contributed by atoms with Crippen molar-refractivity contribution in [2.75, 3.05) is 39.5 Å². The number of hydrogen-bond donors (Lipinski definition) is 1. The molecule has 4 nitrogen and oxygen atoms in total. The fraction of sp³-hybridized carbons (Fsp3) is 0.643. The number of hydrogen-bond acceptors (Lipinski definition) is 4. The van der Waals surface area contributed by atoms with Crippen LogP contribution in [0.15, 0.2) is 18.3 Å². The largest absolute Gasteiger partial charge is 0.388 e. The lowest BCUT2D eigenvalue weighted by atomic mass is 10.2. The van der Waals surface area contributed by atoms with E-state index in [9.17, 15) is 0 Å². The van der Waals surface area contributed by atoms with Crippen LogP contribution in [0.25, 0.3) is 0 Å². The maximum atomic E-state index is 4.43. The lowest BCUT2D eigenvalue weighted by Crippen LogP contribution is -2.36.